The van der Waals surface area contributed by atoms with Crippen LogP contribution in [-0.2, 0) is 4.74 Å². The lowest BCUT2D eigenvalue weighted by Gasteiger charge is -2.27. The Morgan fingerprint density at radius 3 is 2.71 bits per heavy atom. The van der Waals surface area contributed by atoms with Crippen molar-refractivity contribution in [2.75, 3.05) is 6.61 Å². The van der Waals surface area contributed by atoms with Crippen molar-refractivity contribution < 1.29 is 4.74 Å². The SMILES string of the molecule is Cc1ccc(C(NN)C2OCCC2C)c(C)c1. The zero-order valence-corrected chi connectivity index (χ0v) is 10.9. The number of hydrazine groups is 1. The highest BCUT2D eigenvalue weighted by Gasteiger charge is 2.33. The minimum atomic E-state index is 0.0908. The summed E-state index contributed by atoms with van der Waals surface area (Å²) in [4.78, 5) is 0. The Bertz CT molecular complexity index is 392. The summed E-state index contributed by atoms with van der Waals surface area (Å²) in [5.41, 5.74) is 6.73. The Morgan fingerprint density at radius 2 is 2.18 bits per heavy atom. The van der Waals surface area contributed by atoms with E-state index >= 15 is 0 Å². The third kappa shape index (κ3) is 2.51. The molecule has 0 amide bonds. The van der Waals surface area contributed by atoms with Crippen LogP contribution in [0.1, 0.15) is 36.1 Å². The molecule has 3 heteroatoms. The maximum Gasteiger partial charge on any atom is 0.0809 e. The van der Waals surface area contributed by atoms with Gasteiger partial charge in [-0.3, -0.25) is 11.3 Å². The van der Waals surface area contributed by atoms with Crippen LogP contribution in [0.15, 0.2) is 18.2 Å². The van der Waals surface area contributed by atoms with Crippen molar-refractivity contribution in [3.63, 3.8) is 0 Å². The highest BCUT2D eigenvalue weighted by molar-refractivity contribution is 5.33. The van der Waals surface area contributed by atoms with E-state index in [1.165, 1.54) is 16.7 Å². The van der Waals surface area contributed by atoms with E-state index in [1.807, 2.05) is 0 Å². The Labute approximate surface area is 103 Å². The average molecular weight is 234 g/mol. The highest BCUT2D eigenvalue weighted by Crippen LogP contribution is 2.32. The van der Waals surface area contributed by atoms with Crippen LogP contribution in [0.3, 0.4) is 0 Å². The Morgan fingerprint density at radius 1 is 1.41 bits per heavy atom. The lowest BCUT2D eigenvalue weighted by molar-refractivity contribution is 0.0605. The van der Waals surface area contributed by atoms with Crippen molar-refractivity contribution in [1.29, 1.82) is 0 Å². The highest BCUT2D eigenvalue weighted by atomic mass is 16.5. The molecule has 1 aromatic carbocycles. The zero-order chi connectivity index (χ0) is 12.4. The van der Waals surface area contributed by atoms with E-state index in [4.69, 9.17) is 10.6 Å². The van der Waals surface area contributed by atoms with Gasteiger partial charge in [-0.25, -0.2) is 0 Å². The summed E-state index contributed by atoms with van der Waals surface area (Å²) in [6.45, 7) is 7.31. The van der Waals surface area contributed by atoms with Gasteiger partial charge in [-0.1, -0.05) is 30.7 Å². The van der Waals surface area contributed by atoms with Crippen LogP contribution in [0, 0.1) is 19.8 Å². The molecule has 1 aliphatic heterocycles. The molecule has 3 atom stereocenters. The predicted molar refractivity (Wildman–Crippen MR) is 69.5 cm³/mol. The normalized spacial score (nSPS) is 26.1. The molecular weight excluding hydrogens is 212 g/mol. The van der Waals surface area contributed by atoms with Gasteiger partial charge in [-0.15, -0.1) is 0 Å². The van der Waals surface area contributed by atoms with E-state index < -0.39 is 0 Å². The molecule has 0 spiro atoms. The number of hydrogen-bond donors (Lipinski definition) is 2. The molecule has 1 aliphatic rings. The van der Waals surface area contributed by atoms with Gasteiger partial charge in [0.05, 0.1) is 12.1 Å². The van der Waals surface area contributed by atoms with Gasteiger partial charge >= 0.3 is 0 Å². The molecule has 94 valence electrons. The predicted octanol–water partition coefficient (Wildman–Crippen LogP) is 2.23. The van der Waals surface area contributed by atoms with Gasteiger partial charge < -0.3 is 4.74 Å². The van der Waals surface area contributed by atoms with Crippen molar-refractivity contribution in [2.45, 2.75) is 39.3 Å². The molecule has 1 fully saturated rings. The molecule has 1 aromatic rings. The molecule has 1 heterocycles. The van der Waals surface area contributed by atoms with Crippen molar-refractivity contribution in [3.8, 4) is 0 Å². The molecule has 17 heavy (non-hydrogen) atoms. The molecule has 3 nitrogen and oxygen atoms in total. The van der Waals surface area contributed by atoms with E-state index in [9.17, 15) is 0 Å². The number of rotatable bonds is 3. The van der Waals surface area contributed by atoms with E-state index in [0.717, 1.165) is 13.0 Å². The molecule has 3 N–H and O–H groups in total. The first kappa shape index (κ1) is 12.6. The molecule has 2 rings (SSSR count). The number of nitrogens with one attached hydrogen (secondary N) is 1. The monoisotopic (exact) mass is 234 g/mol. The first-order valence-electron chi connectivity index (χ1n) is 6.28. The number of benzene rings is 1. The van der Waals surface area contributed by atoms with Crippen LogP contribution in [0.2, 0.25) is 0 Å². The van der Waals surface area contributed by atoms with Gasteiger partial charge in [0.1, 0.15) is 0 Å². The summed E-state index contributed by atoms with van der Waals surface area (Å²) >= 11 is 0. The Kier molecular flexibility index (Phi) is 3.82. The largest absolute Gasteiger partial charge is 0.376 e. The Balaban J connectivity index is 2.28. The molecule has 0 aromatic heterocycles. The van der Waals surface area contributed by atoms with E-state index in [-0.39, 0.29) is 12.1 Å². The summed E-state index contributed by atoms with van der Waals surface area (Å²) in [5, 5.41) is 0. The lowest BCUT2D eigenvalue weighted by atomic mass is 9.90. The minimum Gasteiger partial charge on any atom is -0.376 e. The van der Waals surface area contributed by atoms with E-state index in [0.29, 0.717) is 5.92 Å². The molecule has 0 radical (unpaired) electrons. The molecule has 3 unspecified atom stereocenters. The maximum atomic E-state index is 5.82. The Hall–Kier alpha value is -0.900. The molecule has 1 saturated heterocycles. The summed E-state index contributed by atoms with van der Waals surface area (Å²) in [6.07, 6.45) is 1.30. The molecule has 0 saturated carbocycles. The van der Waals surface area contributed by atoms with E-state index in [2.05, 4.69) is 44.4 Å². The second kappa shape index (κ2) is 5.17. The average Bonchev–Trinajstić information content (AvgIpc) is 2.69. The van der Waals surface area contributed by atoms with Crippen molar-refractivity contribution >= 4 is 0 Å². The zero-order valence-electron chi connectivity index (χ0n) is 10.9. The standard InChI is InChI=1S/C14H22N2O/c1-9-4-5-12(11(3)8-9)13(16-15)14-10(2)6-7-17-14/h4-5,8,10,13-14,16H,6-7,15H2,1-3H3. The summed E-state index contributed by atoms with van der Waals surface area (Å²) < 4.78 is 5.82. The molecule has 0 bridgehead atoms. The second-order valence-electron chi connectivity index (χ2n) is 5.11. The summed E-state index contributed by atoms with van der Waals surface area (Å²) in [7, 11) is 0. The van der Waals surface area contributed by atoms with Crippen LogP contribution < -0.4 is 11.3 Å². The van der Waals surface area contributed by atoms with Gasteiger partial charge in [0, 0.05) is 6.61 Å². The quantitative estimate of drug-likeness (QED) is 0.623. The minimum absolute atomic E-state index is 0.0908. The smallest absolute Gasteiger partial charge is 0.0809 e. The number of ether oxygens (including phenoxy) is 1. The molecular formula is C14H22N2O. The van der Waals surface area contributed by atoms with E-state index in [1.54, 1.807) is 0 Å². The van der Waals surface area contributed by atoms with Crippen LogP contribution in [0.4, 0.5) is 0 Å². The second-order valence-corrected chi connectivity index (χ2v) is 5.11. The van der Waals surface area contributed by atoms with Gasteiger partial charge in [-0.05, 0) is 37.3 Å². The number of aryl methyl sites for hydroxylation is 2. The van der Waals surface area contributed by atoms with Crippen LogP contribution in [0.5, 0.6) is 0 Å². The fourth-order valence-corrected chi connectivity index (χ4v) is 2.68. The molecule has 0 aliphatic carbocycles. The number of hydrogen-bond acceptors (Lipinski definition) is 3. The third-order valence-corrected chi connectivity index (χ3v) is 3.71. The topological polar surface area (TPSA) is 47.3 Å². The van der Waals surface area contributed by atoms with Crippen LogP contribution >= 0.6 is 0 Å². The van der Waals surface area contributed by atoms with Crippen molar-refractivity contribution in [2.24, 2.45) is 11.8 Å². The first-order chi connectivity index (χ1) is 8.13. The van der Waals surface area contributed by atoms with Crippen molar-refractivity contribution in [1.82, 2.24) is 5.43 Å². The van der Waals surface area contributed by atoms with Gasteiger partial charge in [-0.2, -0.15) is 0 Å². The fourth-order valence-electron chi connectivity index (χ4n) is 2.68. The number of nitrogens with two attached hydrogens (primary N) is 1. The maximum absolute atomic E-state index is 5.82. The summed E-state index contributed by atoms with van der Waals surface area (Å²) in [6, 6.07) is 6.57. The lowest BCUT2D eigenvalue weighted by Crippen LogP contribution is -2.39. The van der Waals surface area contributed by atoms with Gasteiger partial charge in [0.2, 0.25) is 0 Å². The summed E-state index contributed by atoms with van der Waals surface area (Å²) in [5.74, 6) is 6.28. The van der Waals surface area contributed by atoms with Gasteiger partial charge in [0.15, 0.2) is 0 Å². The van der Waals surface area contributed by atoms with Gasteiger partial charge in [0.25, 0.3) is 0 Å². The third-order valence-electron chi connectivity index (χ3n) is 3.71. The van der Waals surface area contributed by atoms with Crippen molar-refractivity contribution in [3.05, 3.63) is 34.9 Å². The first-order valence-corrected chi connectivity index (χ1v) is 6.28. The van der Waals surface area contributed by atoms with Crippen LogP contribution in [0.25, 0.3) is 0 Å². The fraction of sp³-hybridized carbons (Fsp3) is 0.571. The van der Waals surface area contributed by atoms with Crippen LogP contribution in [-0.4, -0.2) is 12.7 Å².